The first-order chi connectivity index (χ1) is 9.17. The molecule has 0 aliphatic heterocycles. The normalized spacial score (nSPS) is 11.9. The Labute approximate surface area is 120 Å². The molecule has 0 saturated heterocycles. The molecule has 106 valence electrons. The van der Waals surface area contributed by atoms with Crippen LogP contribution in [0, 0.1) is 0 Å². The van der Waals surface area contributed by atoms with Gasteiger partial charge in [-0.3, -0.25) is 4.79 Å². The molecular weight excluding hydrogens is 262 g/mol. The summed E-state index contributed by atoms with van der Waals surface area (Å²) in [4.78, 5) is 11.8. The maximum absolute atomic E-state index is 11.8. The van der Waals surface area contributed by atoms with Gasteiger partial charge in [0, 0.05) is 12.1 Å². The number of rotatable bonds is 8. The molecule has 19 heavy (non-hydrogen) atoms. The van der Waals surface area contributed by atoms with Gasteiger partial charge >= 0.3 is 0 Å². The minimum Gasteiger partial charge on any atom is -0.494 e. The van der Waals surface area contributed by atoms with Crippen LogP contribution in [-0.2, 0) is 0 Å². The summed E-state index contributed by atoms with van der Waals surface area (Å²) < 4.78 is 5.54. The number of amides is 1. The highest BCUT2D eigenvalue weighted by atomic mass is 35.5. The van der Waals surface area contributed by atoms with Crippen molar-refractivity contribution in [1.29, 1.82) is 0 Å². The fraction of sp³-hybridized carbons (Fsp3) is 0.533. The molecule has 0 fully saturated rings. The Morgan fingerprint density at radius 3 is 2.58 bits per heavy atom. The van der Waals surface area contributed by atoms with Crippen molar-refractivity contribution >= 4 is 17.5 Å². The number of carbonyl (C=O) groups excluding carboxylic acids is 1. The standard InChI is InChI=1S/C15H22ClNO2/c1-3-5-10-19-14-8-6-12(7-9-14)15(18)17-11-13(16)4-2/h6-9,13H,3-5,10-11H2,1-2H3,(H,17,18). The van der Waals surface area contributed by atoms with Crippen LogP contribution in [-0.4, -0.2) is 24.4 Å². The molecule has 0 heterocycles. The monoisotopic (exact) mass is 283 g/mol. The van der Waals surface area contributed by atoms with Gasteiger partial charge in [-0.25, -0.2) is 0 Å². The molecule has 0 aromatic heterocycles. The minimum atomic E-state index is -0.0980. The molecule has 0 radical (unpaired) electrons. The van der Waals surface area contributed by atoms with E-state index in [4.69, 9.17) is 16.3 Å². The van der Waals surface area contributed by atoms with Gasteiger partial charge in [-0.05, 0) is 37.1 Å². The maximum atomic E-state index is 11.8. The van der Waals surface area contributed by atoms with Gasteiger partial charge in [0.05, 0.1) is 12.0 Å². The quantitative estimate of drug-likeness (QED) is 0.585. The van der Waals surface area contributed by atoms with E-state index in [2.05, 4.69) is 12.2 Å². The molecule has 0 aliphatic rings. The Bertz CT molecular complexity index is 378. The third kappa shape index (κ3) is 5.97. The third-order valence-corrected chi connectivity index (χ3v) is 3.27. The smallest absolute Gasteiger partial charge is 0.251 e. The second kappa shape index (κ2) is 8.81. The van der Waals surface area contributed by atoms with Crippen molar-refractivity contribution in [3.8, 4) is 5.75 Å². The van der Waals surface area contributed by atoms with Gasteiger partial charge in [-0.1, -0.05) is 20.3 Å². The Morgan fingerprint density at radius 1 is 1.32 bits per heavy atom. The molecule has 0 aliphatic carbocycles. The van der Waals surface area contributed by atoms with E-state index in [1.54, 1.807) is 12.1 Å². The average molecular weight is 284 g/mol. The van der Waals surface area contributed by atoms with E-state index in [0.29, 0.717) is 18.7 Å². The van der Waals surface area contributed by atoms with Crippen molar-refractivity contribution < 1.29 is 9.53 Å². The Kier molecular flexibility index (Phi) is 7.34. The van der Waals surface area contributed by atoms with Crippen LogP contribution in [0.5, 0.6) is 5.75 Å². The van der Waals surface area contributed by atoms with Gasteiger partial charge in [-0.15, -0.1) is 11.6 Å². The lowest BCUT2D eigenvalue weighted by Crippen LogP contribution is -2.29. The van der Waals surface area contributed by atoms with Gasteiger partial charge in [0.25, 0.3) is 5.91 Å². The van der Waals surface area contributed by atoms with Crippen molar-refractivity contribution in [2.75, 3.05) is 13.2 Å². The average Bonchev–Trinajstić information content (AvgIpc) is 2.45. The highest BCUT2D eigenvalue weighted by Gasteiger charge is 2.07. The molecule has 1 rings (SSSR count). The van der Waals surface area contributed by atoms with Gasteiger partial charge in [0.1, 0.15) is 5.75 Å². The van der Waals surface area contributed by atoms with Crippen LogP contribution in [0.2, 0.25) is 0 Å². The molecule has 4 heteroatoms. The topological polar surface area (TPSA) is 38.3 Å². The van der Waals surface area contributed by atoms with Gasteiger partial charge in [0.15, 0.2) is 0 Å². The summed E-state index contributed by atoms with van der Waals surface area (Å²) in [5, 5.41) is 2.80. The summed E-state index contributed by atoms with van der Waals surface area (Å²) >= 11 is 5.96. The number of benzene rings is 1. The van der Waals surface area contributed by atoms with E-state index in [1.807, 2.05) is 19.1 Å². The van der Waals surface area contributed by atoms with Crippen LogP contribution in [0.15, 0.2) is 24.3 Å². The van der Waals surface area contributed by atoms with Crippen molar-refractivity contribution in [3.63, 3.8) is 0 Å². The van der Waals surface area contributed by atoms with Crippen LogP contribution >= 0.6 is 11.6 Å². The highest BCUT2D eigenvalue weighted by Crippen LogP contribution is 2.12. The molecular formula is C15H22ClNO2. The molecule has 0 spiro atoms. The number of ether oxygens (including phenoxy) is 1. The number of carbonyl (C=O) groups is 1. The number of nitrogens with one attached hydrogen (secondary N) is 1. The van der Waals surface area contributed by atoms with Gasteiger partial charge in [-0.2, -0.15) is 0 Å². The number of halogens is 1. The fourth-order valence-electron chi connectivity index (χ4n) is 1.49. The van der Waals surface area contributed by atoms with E-state index < -0.39 is 0 Å². The molecule has 1 N–H and O–H groups in total. The van der Waals surface area contributed by atoms with E-state index >= 15 is 0 Å². The Balaban J connectivity index is 2.44. The Hall–Kier alpha value is -1.22. The summed E-state index contributed by atoms with van der Waals surface area (Å²) in [6.07, 6.45) is 2.99. The minimum absolute atomic E-state index is 0.0133. The van der Waals surface area contributed by atoms with Crippen molar-refractivity contribution in [2.45, 2.75) is 38.5 Å². The number of hydrogen-bond acceptors (Lipinski definition) is 2. The highest BCUT2D eigenvalue weighted by molar-refractivity contribution is 6.20. The zero-order valence-electron chi connectivity index (χ0n) is 11.6. The number of hydrogen-bond donors (Lipinski definition) is 1. The van der Waals surface area contributed by atoms with Gasteiger partial charge in [0.2, 0.25) is 0 Å². The second-order valence-electron chi connectivity index (χ2n) is 4.44. The van der Waals surface area contributed by atoms with E-state index in [9.17, 15) is 4.79 Å². The van der Waals surface area contributed by atoms with Crippen molar-refractivity contribution in [1.82, 2.24) is 5.32 Å². The first-order valence-corrected chi connectivity index (χ1v) is 7.26. The molecule has 1 unspecified atom stereocenters. The van der Waals surface area contributed by atoms with E-state index in [0.717, 1.165) is 25.0 Å². The molecule has 0 saturated carbocycles. The fourth-order valence-corrected chi connectivity index (χ4v) is 1.56. The lowest BCUT2D eigenvalue weighted by molar-refractivity contribution is 0.0953. The lowest BCUT2D eigenvalue weighted by Gasteiger charge is -2.09. The summed E-state index contributed by atoms with van der Waals surface area (Å²) in [5.41, 5.74) is 0.628. The second-order valence-corrected chi connectivity index (χ2v) is 5.06. The predicted octanol–water partition coefficient (Wildman–Crippen LogP) is 3.61. The van der Waals surface area contributed by atoms with Crippen LogP contribution in [0.25, 0.3) is 0 Å². The largest absolute Gasteiger partial charge is 0.494 e. The summed E-state index contributed by atoms with van der Waals surface area (Å²) in [7, 11) is 0. The first-order valence-electron chi connectivity index (χ1n) is 6.82. The molecule has 0 bridgehead atoms. The summed E-state index contributed by atoms with van der Waals surface area (Å²) in [6, 6.07) is 7.18. The maximum Gasteiger partial charge on any atom is 0.251 e. The lowest BCUT2D eigenvalue weighted by atomic mass is 10.2. The van der Waals surface area contributed by atoms with Crippen molar-refractivity contribution in [2.24, 2.45) is 0 Å². The number of alkyl halides is 1. The molecule has 1 atom stereocenters. The van der Waals surface area contributed by atoms with Crippen molar-refractivity contribution in [3.05, 3.63) is 29.8 Å². The van der Waals surface area contributed by atoms with Gasteiger partial charge < -0.3 is 10.1 Å². The van der Waals surface area contributed by atoms with Crippen LogP contribution in [0.3, 0.4) is 0 Å². The van der Waals surface area contributed by atoms with E-state index in [1.165, 1.54) is 0 Å². The van der Waals surface area contributed by atoms with Crippen LogP contribution in [0.1, 0.15) is 43.5 Å². The van der Waals surface area contributed by atoms with Crippen LogP contribution in [0.4, 0.5) is 0 Å². The SMILES string of the molecule is CCCCOc1ccc(C(=O)NCC(Cl)CC)cc1. The Morgan fingerprint density at radius 2 is 2.00 bits per heavy atom. The zero-order chi connectivity index (χ0) is 14.1. The summed E-state index contributed by atoms with van der Waals surface area (Å²) in [5.74, 6) is 0.702. The third-order valence-electron chi connectivity index (χ3n) is 2.81. The molecule has 1 aromatic carbocycles. The molecule has 1 amide bonds. The first kappa shape index (κ1) is 15.8. The molecule has 3 nitrogen and oxygen atoms in total. The number of unbranched alkanes of at least 4 members (excludes halogenated alkanes) is 1. The van der Waals surface area contributed by atoms with Crippen LogP contribution < -0.4 is 10.1 Å². The predicted molar refractivity (Wildman–Crippen MR) is 79.1 cm³/mol. The van der Waals surface area contributed by atoms with E-state index in [-0.39, 0.29) is 11.3 Å². The summed E-state index contributed by atoms with van der Waals surface area (Å²) in [6.45, 7) is 5.32. The zero-order valence-corrected chi connectivity index (χ0v) is 12.4. The molecule has 1 aromatic rings.